The van der Waals surface area contributed by atoms with Crippen molar-refractivity contribution < 1.29 is 8.42 Å². The van der Waals surface area contributed by atoms with Gasteiger partial charge in [-0.1, -0.05) is 18.2 Å². The molecule has 1 atom stereocenters. The molecule has 0 fully saturated rings. The summed E-state index contributed by atoms with van der Waals surface area (Å²) in [6.07, 6.45) is 0. The lowest BCUT2D eigenvalue weighted by Gasteiger charge is -2.17. The summed E-state index contributed by atoms with van der Waals surface area (Å²) in [5, 5.41) is 8.55. The molecule has 21 heavy (non-hydrogen) atoms. The first-order valence-corrected chi connectivity index (χ1v) is 8.28. The van der Waals surface area contributed by atoms with Crippen LogP contribution in [0.2, 0.25) is 0 Å². The summed E-state index contributed by atoms with van der Waals surface area (Å²) in [7, 11) is -3.67. The van der Waals surface area contributed by atoms with E-state index in [0.717, 1.165) is 11.3 Å². The van der Waals surface area contributed by atoms with Crippen molar-refractivity contribution in [2.24, 2.45) is 5.14 Å². The fourth-order valence-electron chi connectivity index (χ4n) is 2.35. The Labute approximate surface area is 126 Å². The van der Waals surface area contributed by atoms with E-state index in [4.69, 9.17) is 5.14 Å². The maximum atomic E-state index is 11.4. The van der Waals surface area contributed by atoms with Gasteiger partial charge in [-0.25, -0.2) is 13.6 Å². The number of aryl methyl sites for hydroxylation is 2. The van der Waals surface area contributed by atoms with Crippen molar-refractivity contribution in [2.75, 3.05) is 5.32 Å². The Kier molecular flexibility index (Phi) is 4.34. The van der Waals surface area contributed by atoms with Gasteiger partial charge in [0.05, 0.1) is 4.90 Å². The topological polar surface area (TPSA) is 72.2 Å². The minimum absolute atomic E-state index is 0.0205. The van der Waals surface area contributed by atoms with Crippen LogP contribution in [-0.4, -0.2) is 8.42 Å². The maximum absolute atomic E-state index is 11.4. The van der Waals surface area contributed by atoms with E-state index in [-0.39, 0.29) is 10.9 Å². The molecule has 0 saturated carbocycles. The van der Waals surface area contributed by atoms with Crippen molar-refractivity contribution >= 4 is 15.7 Å². The molecule has 0 aliphatic carbocycles. The van der Waals surface area contributed by atoms with Gasteiger partial charge in [-0.05, 0) is 61.7 Å². The minimum atomic E-state index is -3.67. The molecule has 0 aliphatic heterocycles. The fourth-order valence-corrected chi connectivity index (χ4v) is 2.92. The zero-order chi connectivity index (χ0) is 15.6. The summed E-state index contributed by atoms with van der Waals surface area (Å²) in [5.74, 6) is 0. The molecule has 5 heteroatoms. The fraction of sp³-hybridized carbons (Fsp3) is 0.250. The smallest absolute Gasteiger partial charge is 0.238 e. The maximum Gasteiger partial charge on any atom is 0.238 e. The summed E-state index contributed by atoms with van der Waals surface area (Å²) >= 11 is 0. The molecule has 0 heterocycles. The summed E-state index contributed by atoms with van der Waals surface area (Å²) in [4.78, 5) is 0.133. The van der Waals surface area contributed by atoms with E-state index in [1.807, 2.05) is 26.8 Å². The lowest BCUT2D eigenvalue weighted by Crippen LogP contribution is -2.13. The highest BCUT2D eigenvalue weighted by atomic mass is 32.2. The molecule has 0 radical (unpaired) electrons. The van der Waals surface area contributed by atoms with Gasteiger partial charge in [0.1, 0.15) is 0 Å². The van der Waals surface area contributed by atoms with E-state index >= 15 is 0 Å². The van der Waals surface area contributed by atoms with Crippen molar-refractivity contribution in [3.05, 3.63) is 59.2 Å². The molecule has 0 amide bonds. The van der Waals surface area contributed by atoms with Crippen molar-refractivity contribution in [3.8, 4) is 0 Å². The Balaban J connectivity index is 2.26. The van der Waals surface area contributed by atoms with E-state index in [1.165, 1.54) is 17.2 Å². The van der Waals surface area contributed by atoms with Gasteiger partial charge in [-0.3, -0.25) is 0 Å². The Morgan fingerprint density at radius 1 is 1.05 bits per heavy atom. The molecule has 0 aromatic heterocycles. The number of sulfonamides is 1. The first-order chi connectivity index (χ1) is 9.75. The molecule has 0 aliphatic rings. The number of nitrogens with two attached hydrogens (primary N) is 1. The highest BCUT2D eigenvalue weighted by molar-refractivity contribution is 7.89. The van der Waals surface area contributed by atoms with Gasteiger partial charge < -0.3 is 5.32 Å². The predicted molar refractivity (Wildman–Crippen MR) is 85.8 cm³/mol. The lowest BCUT2D eigenvalue weighted by molar-refractivity contribution is 0.597. The number of nitrogens with one attached hydrogen (secondary N) is 1. The molecule has 0 saturated heterocycles. The highest BCUT2D eigenvalue weighted by Crippen LogP contribution is 2.23. The molecular weight excluding hydrogens is 284 g/mol. The van der Waals surface area contributed by atoms with E-state index < -0.39 is 10.0 Å². The Bertz CT molecular complexity index is 734. The van der Waals surface area contributed by atoms with Crippen LogP contribution in [0.3, 0.4) is 0 Å². The molecule has 112 valence electrons. The summed E-state index contributed by atoms with van der Waals surface area (Å²) < 4.78 is 22.8. The van der Waals surface area contributed by atoms with Crippen LogP contribution < -0.4 is 10.5 Å². The number of hydrogen-bond donors (Lipinski definition) is 2. The summed E-state index contributed by atoms with van der Waals surface area (Å²) in [6, 6.07) is 12.9. The molecule has 4 nitrogen and oxygen atoms in total. The summed E-state index contributed by atoms with van der Waals surface area (Å²) in [6.45, 7) is 6.08. The Morgan fingerprint density at radius 2 is 1.67 bits per heavy atom. The van der Waals surface area contributed by atoms with Crippen LogP contribution in [0, 0.1) is 13.8 Å². The van der Waals surface area contributed by atoms with E-state index in [0.29, 0.717) is 0 Å². The van der Waals surface area contributed by atoms with Crippen LogP contribution >= 0.6 is 0 Å². The van der Waals surface area contributed by atoms with Gasteiger partial charge in [-0.15, -0.1) is 0 Å². The number of hydrogen-bond acceptors (Lipinski definition) is 3. The Hall–Kier alpha value is -1.85. The normalized spacial score (nSPS) is 13.0. The van der Waals surface area contributed by atoms with Crippen LogP contribution in [0.5, 0.6) is 0 Å². The molecule has 2 aromatic carbocycles. The quantitative estimate of drug-likeness (QED) is 0.911. The van der Waals surface area contributed by atoms with Crippen molar-refractivity contribution in [1.82, 2.24) is 0 Å². The molecule has 0 spiro atoms. The zero-order valence-electron chi connectivity index (χ0n) is 12.4. The average Bonchev–Trinajstić information content (AvgIpc) is 2.36. The van der Waals surface area contributed by atoms with Gasteiger partial charge in [0.2, 0.25) is 10.0 Å². The molecule has 1 unspecified atom stereocenters. The summed E-state index contributed by atoms with van der Waals surface area (Å²) in [5.41, 5.74) is 4.26. The van der Waals surface area contributed by atoms with E-state index in [1.54, 1.807) is 12.1 Å². The molecule has 3 N–H and O–H groups in total. The molecule has 2 aromatic rings. The van der Waals surface area contributed by atoms with Crippen LogP contribution in [0.15, 0.2) is 47.4 Å². The van der Waals surface area contributed by atoms with Crippen LogP contribution in [0.4, 0.5) is 5.69 Å². The SMILES string of the molecule is Cc1cc(C)cc(NC(C)c2cccc(S(N)(=O)=O)c2)c1. The predicted octanol–water partition coefficient (Wildman–Crippen LogP) is 3.12. The number of anilines is 1. The second kappa shape index (κ2) is 5.87. The van der Waals surface area contributed by atoms with Gasteiger partial charge in [0.25, 0.3) is 0 Å². The first-order valence-electron chi connectivity index (χ1n) is 6.73. The monoisotopic (exact) mass is 304 g/mol. The lowest BCUT2D eigenvalue weighted by atomic mass is 10.1. The van der Waals surface area contributed by atoms with Crippen molar-refractivity contribution in [2.45, 2.75) is 31.7 Å². The van der Waals surface area contributed by atoms with Gasteiger partial charge in [0.15, 0.2) is 0 Å². The third-order valence-electron chi connectivity index (χ3n) is 3.29. The van der Waals surface area contributed by atoms with Crippen LogP contribution in [0.1, 0.15) is 29.7 Å². The molecule has 0 bridgehead atoms. The zero-order valence-corrected chi connectivity index (χ0v) is 13.2. The van der Waals surface area contributed by atoms with Gasteiger partial charge in [0, 0.05) is 11.7 Å². The minimum Gasteiger partial charge on any atom is -0.379 e. The second-order valence-corrected chi connectivity index (χ2v) is 6.92. The molecular formula is C16H20N2O2S. The number of rotatable bonds is 4. The highest BCUT2D eigenvalue weighted by Gasteiger charge is 2.11. The van der Waals surface area contributed by atoms with Gasteiger partial charge in [-0.2, -0.15) is 0 Å². The number of primary sulfonamides is 1. The second-order valence-electron chi connectivity index (χ2n) is 5.36. The standard InChI is InChI=1S/C16H20N2O2S/c1-11-7-12(2)9-15(8-11)18-13(3)14-5-4-6-16(10-14)21(17,19)20/h4-10,13,18H,1-3H3,(H2,17,19,20). The van der Waals surface area contributed by atoms with Crippen LogP contribution in [-0.2, 0) is 10.0 Å². The number of benzene rings is 2. The van der Waals surface area contributed by atoms with Gasteiger partial charge >= 0.3 is 0 Å². The average molecular weight is 304 g/mol. The van der Waals surface area contributed by atoms with Crippen molar-refractivity contribution in [3.63, 3.8) is 0 Å². The van der Waals surface area contributed by atoms with E-state index in [9.17, 15) is 8.42 Å². The third-order valence-corrected chi connectivity index (χ3v) is 4.20. The van der Waals surface area contributed by atoms with E-state index in [2.05, 4.69) is 23.5 Å². The molecule has 2 rings (SSSR count). The first kappa shape index (κ1) is 15.5. The van der Waals surface area contributed by atoms with Crippen molar-refractivity contribution in [1.29, 1.82) is 0 Å². The van der Waals surface area contributed by atoms with Crippen LogP contribution in [0.25, 0.3) is 0 Å². The largest absolute Gasteiger partial charge is 0.379 e. The Morgan fingerprint density at radius 3 is 2.24 bits per heavy atom. The third kappa shape index (κ3) is 4.06.